The molecular weight excluding hydrogens is 251 g/mol. The molecule has 0 saturated heterocycles. The molecule has 47 valence electrons. The summed E-state index contributed by atoms with van der Waals surface area (Å²) in [5.74, 6) is 0. The van der Waals surface area contributed by atoms with E-state index in [1.165, 1.54) is 12.2 Å². The molecule has 0 bridgehead atoms. The number of rotatable bonds is 0. The third kappa shape index (κ3) is 837. The second kappa shape index (κ2) is 51.0. The first kappa shape index (κ1) is 15.8. The van der Waals surface area contributed by atoms with Crippen molar-refractivity contribution in [2.24, 2.45) is 0 Å². The third-order valence-electron chi connectivity index (χ3n) is 0. The van der Waals surface area contributed by atoms with Crippen molar-refractivity contribution in [1.29, 1.82) is 0 Å². The van der Waals surface area contributed by atoms with Crippen LogP contribution in [0.15, 0.2) is 25.3 Å². The molecule has 0 aliphatic heterocycles. The van der Waals surface area contributed by atoms with Gasteiger partial charge in [0.1, 0.15) is 0 Å². The van der Waals surface area contributed by atoms with Crippen LogP contribution in [0, 0.1) is 13.8 Å². The molecule has 0 aromatic carbocycles. The van der Waals surface area contributed by atoms with E-state index in [2.05, 4.69) is 40.0 Å². The molecule has 0 nitrogen and oxygen atoms in total. The van der Waals surface area contributed by atoms with Crippen LogP contribution in [0.3, 0.4) is 0 Å². The summed E-state index contributed by atoms with van der Waals surface area (Å²) in [5, 5.41) is 0. The average molecular weight is 261 g/mol. The van der Waals surface area contributed by atoms with Gasteiger partial charge in [-0.25, -0.2) is 39.2 Å². The third-order valence-corrected chi connectivity index (χ3v) is 0. The zero-order valence-electron chi connectivity index (χ0n) is 4.77. The second-order valence-electron chi connectivity index (χ2n) is 0.577. The van der Waals surface area contributed by atoms with Crippen LogP contribution in [0.2, 0.25) is 0 Å². The maximum absolute atomic E-state index is 3.25. The van der Waals surface area contributed by atoms with Gasteiger partial charge in [-0.15, -0.1) is 0 Å². The average Bonchev–Trinajstić information content (AvgIpc) is 1.75. The monoisotopic (exact) mass is 261 g/mol. The molecular formula is C6H10CrI. The van der Waals surface area contributed by atoms with Crippen LogP contribution in [0.1, 0.15) is 0 Å². The van der Waals surface area contributed by atoms with Crippen molar-refractivity contribution in [2.45, 2.75) is 0 Å². The fourth-order valence-electron chi connectivity index (χ4n) is 0. The Balaban J connectivity index is -0.0000000483. The summed E-state index contributed by atoms with van der Waals surface area (Å²) < 4.78 is 0. The minimum absolute atomic E-state index is 1.50. The Hall–Kier alpha value is 0.482. The van der Waals surface area contributed by atoms with Gasteiger partial charge in [-0.1, -0.05) is 0 Å². The molecule has 0 atom stereocenters. The normalized spacial score (nSPS) is 3.50. The molecule has 0 aromatic heterocycles. The zero-order chi connectivity index (χ0) is 7.41. The van der Waals surface area contributed by atoms with Crippen molar-refractivity contribution in [1.82, 2.24) is 0 Å². The standard InChI is InChI=1S/2C3H5.Cr.HI/c2*1-3-2;;/h2*3H,1-2H2;;1H/q2*-1;+3;/p-1. The van der Waals surface area contributed by atoms with Gasteiger partial charge in [0, 0.05) is 0 Å². The first-order valence-corrected chi connectivity index (χ1v) is 5.90. The van der Waals surface area contributed by atoms with Crippen LogP contribution in [-0.2, 0) is 13.0 Å². The summed E-state index contributed by atoms with van der Waals surface area (Å²) in [4.78, 5) is 0. The Labute approximate surface area is 72.2 Å². The van der Waals surface area contributed by atoms with Crippen LogP contribution < -0.4 is 0 Å². The molecule has 0 aliphatic carbocycles. The van der Waals surface area contributed by atoms with E-state index in [0.29, 0.717) is 0 Å². The van der Waals surface area contributed by atoms with Gasteiger partial charge in [0.05, 0.1) is 0 Å². The zero-order valence-corrected chi connectivity index (χ0v) is 8.20. The van der Waals surface area contributed by atoms with Crippen molar-refractivity contribution < 1.29 is 13.0 Å². The number of hydrogen-bond donors (Lipinski definition) is 0. The molecule has 0 rings (SSSR count). The number of halogens is 1. The van der Waals surface area contributed by atoms with Crippen molar-refractivity contribution in [2.75, 3.05) is 0 Å². The molecule has 0 aromatic rings. The van der Waals surface area contributed by atoms with Gasteiger partial charge in [-0.3, -0.25) is 0 Å². The molecule has 0 N–H and O–H groups in total. The summed E-state index contributed by atoms with van der Waals surface area (Å²) in [6.07, 6.45) is 3.00. The quantitative estimate of drug-likeness (QED) is 0.464. The van der Waals surface area contributed by atoms with E-state index in [1.54, 1.807) is 0 Å². The van der Waals surface area contributed by atoms with Crippen molar-refractivity contribution in [3.63, 3.8) is 0 Å². The van der Waals surface area contributed by atoms with Crippen LogP contribution >= 0.6 is 20.3 Å². The summed E-state index contributed by atoms with van der Waals surface area (Å²) in [6.45, 7) is 13.0. The first-order chi connectivity index (χ1) is 3.83. The molecule has 8 heavy (non-hydrogen) atoms. The predicted octanol–water partition coefficient (Wildman–Crippen LogP) is 2.90. The predicted molar refractivity (Wildman–Crippen MR) is 45.1 cm³/mol. The van der Waals surface area contributed by atoms with Crippen LogP contribution in [0.25, 0.3) is 0 Å². The fraction of sp³-hybridized carbons (Fsp3) is 0. The Morgan fingerprint density at radius 2 is 1.12 bits per heavy atom. The summed E-state index contributed by atoms with van der Waals surface area (Å²) in [5.41, 5.74) is 0. The van der Waals surface area contributed by atoms with Gasteiger partial charge < -0.3 is 0 Å². The van der Waals surface area contributed by atoms with Crippen molar-refractivity contribution >= 4 is 20.3 Å². The van der Waals surface area contributed by atoms with Gasteiger partial charge in [0.25, 0.3) is 0 Å². The number of allylic oxidation sites excluding steroid dienone is 2. The molecule has 0 heterocycles. The van der Waals surface area contributed by atoms with Gasteiger partial charge in [-0.05, 0) is 0 Å². The Kier molecular flexibility index (Phi) is 101. The Bertz CT molecular complexity index is 29.5. The Morgan fingerprint density at radius 3 is 1.12 bits per heavy atom. The molecule has 0 aliphatic rings. The summed E-state index contributed by atoms with van der Waals surface area (Å²) >= 11 is 4.62. The summed E-state index contributed by atoms with van der Waals surface area (Å²) in [6, 6.07) is 0. The molecule has 0 radical (unpaired) electrons. The van der Waals surface area contributed by atoms with Gasteiger partial charge in [0.2, 0.25) is 0 Å². The minimum atomic E-state index is 1.50. The van der Waals surface area contributed by atoms with Crippen molar-refractivity contribution in [3.8, 4) is 0 Å². The van der Waals surface area contributed by atoms with E-state index in [4.69, 9.17) is 0 Å². The molecule has 0 saturated carbocycles. The van der Waals surface area contributed by atoms with E-state index in [-0.39, 0.29) is 0 Å². The Morgan fingerprint density at radius 1 is 1.12 bits per heavy atom. The van der Waals surface area contributed by atoms with E-state index < -0.39 is 0 Å². The van der Waals surface area contributed by atoms with Crippen molar-refractivity contribution in [3.05, 3.63) is 39.2 Å². The molecule has 0 unspecified atom stereocenters. The maximum atomic E-state index is 3.25. The second-order valence-corrected chi connectivity index (χ2v) is 0.577. The SMILES string of the molecule is C=C[CH2-].C=C[CH2-].[Cr+2][I]. The molecule has 0 fully saturated rings. The fourth-order valence-corrected chi connectivity index (χ4v) is 0. The van der Waals surface area contributed by atoms with E-state index in [9.17, 15) is 0 Å². The number of hydrogen-bond acceptors (Lipinski definition) is 0. The van der Waals surface area contributed by atoms with Gasteiger partial charge in [0.15, 0.2) is 0 Å². The van der Waals surface area contributed by atoms with E-state index in [1.807, 2.05) is 20.3 Å². The van der Waals surface area contributed by atoms with Crippen LogP contribution in [0.5, 0.6) is 0 Å². The van der Waals surface area contributed by atoms with Crippen LogP contribution in [-0.4, -0.2) is 0 Å². The molecule has 2 heteroatoms. The molecule has 0 amide bonds. The first-order valence-electron chi connectivity index (χ1n) is 1.79. The van der Waals surface area contributed by atoms with E-state index in [0.717, 1.165) is 0 Å². The van der Waals surface area contributed by atoms with Crippen LogP contribution in [0.4, 0.5) is 0 Å². The van der Waals surface area contributed by atoms with E-state index >= 15 is 0 Å². The molecule has 0 spiro atoms. The summed E-state index contributed by atoms with van der Waals surface area (Å²) in [7, 11) is 0. The van der Waals surface area contributed by atoms with Gasteiger partial charge in [-0.2, -0.15) is 0 Å². The topological polar surface area (TPSA) is 0 Å². The van der Waals surface area contributed by atoms with Gasteiger partial charge >= 0.3 is 33.3 Å².